The smallest absolute Gasteiger partial charge is 0.252 e. The molecule has 0 aliphatic carbocycles. The van der Waals surface area contributed by atoms with Gasteiger partial charge in [-0.15, -0.1) is 0 Å². The molecule has 0 aliphatic heterocycles. The minimum atomic E-state index is -0.336. The van der Waals surface area contributed by atoms with Gasteiger partial charge < -0.3 is 10.4 Å². The Hall–Kier alpha value is -2.36. The van der Waals surface area contributed by atoms with Crippen LogP contribution >= 0.6 is 0 Å². The molecule has 1 atom stereocenters. The van der Waals surface area contributed by atoms with E-state index in [1.807, 2.05) is 0 Å². The zero-order valence-corrected chi connectivity index (χ0v) is 11.4. The Bertz CT molecular complexity index is 640. The molecule has 2 N–H and O–H groups in total. The van der Waals surface area contributed by atoms with Crippen LogP contribution in [0, 0.1) is 12.7 Å². The lowest BCUT2D eigenvalue weighted by Gasteiger charge is -2.15. The van der Waals surface area contributed by atoms with Crippen LogP contribution in [0.4, 0.5) is 4.39 Å². The Morgan fingerprint density at radius 1 is 1.25 bits per heavy atom. The number of aromatic hydroxyl groups is 1. The van der Waals surface area contributed by atoms with Gasteiger partial charge in [0.25, 0.3) is 5.91 Å². The number of benzene rings is 2. The van der Waals surface area contributed by atoms with Crippen LogP contribution in [-0.2, 0) is 0 Å². The molecule has 1 amide bonds. The Balaban J connectivity index is 2.17. The second-order valence-corrected chi connectivity index (χ2v) is 4.70. The average molecular weight is 273 g/mol. The Labute approximate surface area is 117 Å². The molecule has 0 saturated carbocycles. The fourth-order valence-corrected chi connectivity index (χ4v) is 2.00. The monoisotopic (exact) mass is 273 g/mol. The third-order valence-electron chi connectivity index (χ3n) is 3.25. The molecule has 4 heteroatoms. The average Bonchev–Trinajstić information content (AvgIpc) is 2.41. The third kappa shape index (κ3) is 2.96. The van der Waals surface area contributed by atoms with Crippen LogP contribution < -0.4 is 5.32 Å². The minimum Gasteiger partial charge on any atom is -0.508 e. The first kappa shape index (κ1) is 14.1. The van der Waals surface area contributed by atoms with E-state index in [-0.39, 0.29) is 23.5 Å². The van der Waals surface area contributed by atoms with Crippen molar-refractivity contribution in [3.63, 3.8) is 0 Å². The van der Waals surface area contributed by atoms with E-state index in [9.17, 15) is 14.3 Å². The lowest BCUT2D eigenvalue weighted by atomic mass is 10.0. The lowest BCUT2D eigenvalue weighted by molar-refractivity contribution is 0.0938. The number of halogens is 1. The van der Waals surface area contributed by atoms with Crippen molar-refractivity contribution in [3.05, 3.63) is 65.0 Å². The summed E-state index contributed by atoms with van der Waals surface area (Å²) >= 11 is 0. The Morgan fingerprint density at radius 2 is 1.95 bits per heavy atom. The molecule has 20 heavy (non-hydrogen) atoms. The van der Waals surface area contributed by atoms with E-state index in [0.717, 1.165) is 0 Å². The molecule has 1 unspecified atom stereocenters. The van der Waals surface area contributed by atoms with Crippen LogP contribution in [0.2, 0.25) is 0 Å². The molecule has 0 saturated heterocycles. The van der Waals surface area contributed by atoms with Gasteiger partial charge in [0.1, 0.15) is 11.6 Å². The maximum atomic E-state index is 13.2. The quantitative estimate of drug-likeness (QED) is 0.901. The van der Waals surface area contributed by atoms with Gasteiger partial charge in [0.05, 0.1) is 6.04 Å². The first-order valence-electron chi connectivity index (χ1n) is 6.34. The molecule has 0 spiro atoms. The van der Waals surface area contributed by atoms with Gasteiger partial charge in [-0.1, -0.05) is 18.2 Å². The standard InChI is InChI=1S/C16H16FNO2/c1-10-14(7-4-8-15(10)19)16(20)18-11(2)12-5-3-6-13(17)9-12/h3-9,11,19H,1-2H3,(H,18,20). The van der Waals surface area contributed by atoms with Crippen LogP contribution in [0.25, 0.3) is 0 Å². The Kier molecular flexibility index (Phi) is 4.03. The van der Waals surface area contributed by atoms with Crippen LogP contribution in [0.3, 0.4) is 0 Å². The zero-order valence-electron chi connectivity index (χ0n) is 11.4. The fourth-order valence-electron chi connectivity index (χ4n) is 2.00. The predicted molar refractivity (Wildman–Crippen MR) is 75.1 cm³/mol. The summed E-state index contributed by atoms with van der Waals surface area (Å²) in [7, 11) is 0. The van der Waals surface area contributed by atoms with Gasteiger partial charge in [0.15, 0.2) is 0 Å². The van der Waals surface area contributed by atoms with E-state index < -0.39 is 0 Å². The number of carbonyl (C=O) groups is 1. The van der Waals surface area contributed by atoms with Crippen molar-refractivity contribution in [3.8, 4) is 5.75 Å². The maximum Gasteiger partial charge on any atom is 0.252 e. The molecule has 0 aliphatic rings. The molecule has 2 rings (SSSR count). The number of nitrogens with one attached hydrogen (secondary N) is 1. The van der Waals surface area contributed by atoms with Gasteiger partial charge in [-0.2, -0.15) is 0 Å². The van der Waals surface area contributed by atoms with Crippen molar-refractivity contribution >= 4 is 5.91 Å². The molecule has 104 valence electrons. The molecule has 2 aromatic carbocycles. The van der Waals surface area contributed by atoms with E-state index in [2.05, 4.69) is 5.32 Å². The molecule has 0 fully saturated rings. The highest BCUT2D eigenvalue weighted by molar-refractivity contribution is 5.96. The van der Waals surface area contributed by atoms with Crippen molar-refractivity contribution in [2.45, 2.75) is 19.9 Å². The van der Waals surface area contributed by atoms with Crippen molar-refractivity contribution in [2.24, 2.45) is 0 Å². The molecule has 3 nitrogen and oxygen atoms in total. The van der Waals surface area contributed by atoms with Gasteiger partial charge in [0, 0.05) is 11.1 Å². The van der Waals surface area contributed by atoms with Gasteiger partial charge in [-0.25, -0.2) is 4.39 Å². The summed E-state index contributed by atoms with van der Waals surface area (Å²) in [6.07, 6.45) is 0. The molecular weight excluding hydrogens is 257 g/mol. The van der Waals surface area contributed by atoms with Crippen molar-refractivity contribution in [1.29, 1.82) is 0 Å². The van der Waals surface area contributed by atoms with Crippen molar-refractivity contribution in [2.75, 3.05) is 0 Å². The molecule has 0 heterocycles. The van der Waals surface area contributed by atoms with Gasteiger partial charge in [-0.3, -0.25) is 4.79 Å². The van der Waals surface area contributed by atoms with Crippen molar-refractivity contribution < 1.29 is 14.3 Å². The highest BCUT2D eigenvalue weighted by Gasteiger charge is 2.15. The van der Waals surface area contributed by atoms with Crippen LogP contribution in [0.1, 0.15) is 34.5 Å². The second kappa shape index (κ2) is 5.74. The van der Waals surface area contributed by atoms with E-state index in [1.54, 1.807) is 38.1 Å². The largest absolute Gasteiger partial charge is 0.508 e. The summed E-state index contributed by atoms with van der Waals surface area (Å²) in [5.74, 6) is -0.552. The number of hydrogen-bond donors (Lipinski definition) is 2. The van der Waals surface area contributed by atoms with E-state index in [1.165, 1.54) is 18.2 Å². The van der Waals surface area contributed by atoms with Gasteiger partial charge in [0.2, 0.25) is 0 Å². The topological polar surface area (TPSA) is 49.3 Å². The fraction of sp³-hybridized carbons (Fsp3) is 0.188. The van der Waals surface area contributed by atoms with E-state index >= 15 is 0 Å². The maximum absolute atomic E-state index is 13.2. The number of amides is 1. The number of rotatable bonds is 3. The zero-order chi connectivity index (χ0) is 14.7. The normalized spacial score (nSPS) is 11.9. The summed E-state index contributed by atoms with van der Waals surface area (Å²) in [6.45, 7) is 3.46. The molecular formula is C16H16FNO2. The molecule has 0 aromatic heterocycles. The Morgan fingerprint density at radius 3 is 2.65 bits per heavy atom. The van der Waals surface area contributed by atoms with Gasteiger partial charge >= 0.3 is 0 Å². The van der Waals surface area contributed by atoms with Gasteiger partial charge in [-0.05, 0) is 43.7 Å². The number of phenolic OH excluding ortho intramolecular Hbond substituents is 1. The first-order valence-corrected chi connectivity index (χ1v) is 6.34. The molecule has 2 aromatic rings. The summed E-state index contributed by atoms with van der Waals surface area (Å²) in [6, 6.07) is 10.6. The predicted octanol–water partition coefficient (Wildman–Crippen LogP) is 3.33. The second-order valence-electron chi connectivity index (χ2n) is 4.70. The van der Waals surface area contributed by atoms with Crippen molar-refractivity contribution in [1.82, 2.24) is 5.32 Å². The SMILES string of the molecule is Cc1c(O)cccc1C(=O)NC(C)c1cccc(F)c1. The number of carbonyl (C=O) groups excluding carboxylic acids is 1. The molecule has 0 radical (unpaired) electrons. The minimum absolute atomic E-state index is 0.0797. The van der Waals surface area contributed by atoms with E-state index in [0.29, 0.717) is 16.7 Å². The van der Waals surface area contributed by atoms with Crippen LogP contribution in [0.15, 0.2) is 42.5 Å². The highest BCUT2D eigenvalue weighted by Crippen LogP contribution is 2.21. The molecule has 0 bridgehead atoms. The van der Waals surface area contributed by atoms with Crippen LogP contribution in [-0.4, -0.2) is 11.0 Å². The summed E-state index contributed by atoms with van der Waals surface area (Å²) in [5.41, 5.74) is 1.63. The summed E-state index contributed by atoms with van der Waals surface area (Å²) in [5, 5.41) is 12.4. The van der Waals surface area contributed by atoms with E-state index in [4.69, 9.17) is 0 Å². The summed E-state index contributed by atoms with van der Waals surface area (Å²) in [4.78, 5) is 12.2. The number of phenols is 1. The lowest BCUT2D eigenvalue weighted by Crippen LogP contribution is -2.27. The third-order valence-corrected chi connectivity index (χ3v) is 3.25. The number of hydrogen-bond acceptors (Lipinski definition) is 2. The van der Waals surface area contributed by atoms with Crippen LogP contribution in [0.5, 0.6) is 5.75 Å². The summed E-state index contributed by atoms with van der Waals surface area (Å²) < 4.78 is 13.2. The highest BCUT2D eigenvalue weighted by atomic mass is 19.1. The first-order chi connectivity index (χ1) is 9.49.